The Kier molecular flexibility index (Phi) is 5.44. The van der Waals surface area contributed by atoms with Crippen LogP contribution >= 0.6 is 22.9 Å². The van der Waals surface area contributed by atoms with Gasteiger partial charge in [-0.05, 0) is 43.1 Å². The van der Waals surface area contributed by atoms with Crippen molar-refractivity contribution in [2.45, 2.75) is 32.4 Å². The summed E-state index contributed by atoms with van der Waals surface area (Å²) in [6.45, 7) is 6.56. The van der Waals surface area contributed by atoms with Gasteiger partial charge in [0.25, 0.3) is 0 Å². The normalized spacial score (nSPS) is 15.9. The maximum atomic E-state index is 6.11. The zero-order valence-corrected chi connectivity index (χ0v) is 16.6. The third-order valence-corrected chi connectivity index (χ3v) is 6.54. The van der Waals surface area contributed by atoms with Gasteiger partial charge in [-0.25, -0.2) is 4.98 Å². The van der Waals surface area contributed by atoms with Gasteiger partial charge in [-0.3, -0.25) is 4.90 Å². The summed E-state index contributed by atoms with van der Waals surface area (Å²) in [5.74, 6) is 0. The molecule has 5 heteroatoms. The quantitative estimate of drug-likeness (QED) is 0.582. The van der Waals surface area contributed by atoms with Crippen LogP contribution < -0.4 is 4.90 Å². The van der Waals surface area contributed by atoms with Gasteiger partial charge in [0, 0.05) is 30.7 Å². The molecule has 0 aliphatic carbocycles. The fourth-order valence-electron chi connectivity index (χ4n) is 3.76. The summed E-state index contributed by atoms with van der Waals surface area (Å²) < 4.78 is 1.17. The number of benzene rings is 2. The van der Waals surface area contributed by atoms with Crippen molar-refractivity contribution in [3.05, 3.63) is 59.1 Å². The van der Waals surface area contributed by atoms with Crippen molar-refractivity contribution in [1.29, 1.82) is 0 Å². The molecule has 1 fully saturated rings. The molecule has 3 aromatic rings. The molecule has 0 N–H and O–H groups in total. The number of aromatic nitrogens is 1. The molecule has 4 rings (SSSR count). The molecule has 1 aromatic heterocycles. The summed E-state index contributed by atoms with van der Waals surface area (Å²) >= 11 is 7.86. The number of rotatable bonds is 5. The Morgan fingerprint density at radius 2 is 1.92 bits per heavy atom. The van der Waals surface area contributed by atoms with E-state index in [2.05, 4.69) is 47.1 Å². The summed E-state index contributed by atoms with van der Waals surface area (Å²) in [4.78, 5) is 9.86. The van der Waals surface area contributed by atoms with Crippen molar-refractivity contribution in [3.63, 3.8) is 0 Å². The third kappa shape index (κ3) is 3.88. The summed E-state index contributed by atoms with van der Waals surface area (Å²) in [6.07, 6.45) is 2.38. The van der Waals surface area contributed by atoms with Crippen LogP contribution in [-0.2, 0) is 6.54 Å². The third-order valence-electron chi connectivity index (χ3n) is 5.23. The van der Waals surface area contributed by atoms with Crippen LogP contribution in [0.25, 0.3) is 10.2 Å². The molecule has 2 aromatic carbocycles. The zero-order chi connectivity index (χ0) is 17.9. The van der Waals surface area contributed by atoms with Gasteiger partial charge in [0.1, 0.15) is 0 Å². The average Bonchev–Trinajstić information content (AvgIpc) is 3.10. The first-order chi connectivity index (χ1) is 12.7. The van der Waals surface area contributed by atoms with E-state index in [-0.39, 0.29) is 0 Å². The topological polar surface area (TPSA) is 19.4 Å². The molecule has 0 saturated carbocycles. The number of piperidine rings is 1. The van der Waals surface area contributed by atoms with Gasteiger partial charge in [0.15, 0.2) is 5.13 Å². The molecule has 1 saturated heterocycles. The van der Waals surface area contributed by atoms with Gasteiger partial charge in [0.05, 0.1) is 10.2 Å². The zero-order valence-electron chi connectivity index (χ0n) is 15.1. The summed E-state index contributed by atoms with van der Waals surface area (Å²) in [5, 5.41) is 1.91. The first-order valence-corrected chi connectivity index (χ1v) is 10.5. The van der Waals surface area contributed by atoms with E-state index in [1.165, 1.54) is 23.1 Å². The van der Waals surface area contributed by atoms with E-state index >= 15 is 0 Å². The second-order valence-corrected chi connectivity index (χ2v) is 8.32. The molecule has 3 nitrogen and oxygen atoms in total. The van der Waals surface area contributed by atoms with Crippen LogP contribution in [0.5, 0.6) is 0 Å². The van der Waals surface area contributed by atoms with Crippen molar-refractivity contribution in [1.82, 2.24) is 9.88 Å². The van der Waals surface area contributed by atoms with Crippen LogP contribution in [0.2, 0.25) is 5.02 Å². The molecule has 1 aliphatic heterocycles. The van der Waals surface area contributed by atoms with E-state index in [4.69, 9.17) is 16.6 Å². The van der Waals surface area contributed by atoms with Crippen LogP contribution in [0, 0.1) is 0 Å². The summed E-state index contributed by atoms with van der Waals surface area (Å²) in [6, 6.07) is 17.4. The minimum absolute atomic E-state index is 0.653. The molecule has 26 heavy (non-hydrogen) atoms. The smallest absolute Gasteiger partial charge is 0.186 e. The highest BCUT2D eigenvalue weighted by atomic mass is 35.5. The van der Waals surface area contributed by atoms with E-state index in [9.17, 15) is 0 Å². The molecular weight excluding hydrogens is 362 g/mol. The van der Waals surface area contributed by atoms with E-state index in [0.29, 0.717) is 6.04 Å². The second-order valence-electron chi connectivity index (χ2n) is 6.88. The Bertz CT molecular complexity index is 856. The number of hydrogen-bond donors (Lipinski definition) is 0. The number of halogens is 1. The fourth-order valence-corrected chi connectivity index (χ4v) is 5.05. The van der Waals surface area contributed by atoms with Crippen LogP contribution in [0.3, 0.4) is 0 Å². The molecule has 0 spiro atoms. The molecule has 0 radical (unpaired) electrons. The lowest BCUT2D eigenvalue weighted by Gasteiger charge is -2.38. The van der Waals surface area contributed by atoms with Crippen LogP contribution in [-0.4, -0.2) is 35.6 Å². The number of anilines is 1. The molecule has 1 aliphatic rings. The van der Waals surface area contributed by atoms with Gasteiger partial charge in [-0.1, -0.05) is 60.2 Å². The fraction of sp³-hybridized carbons (Fsp3) is 0.381. The van der Waals surface area contributed by atoms with Crippen molar-refractivity contribution >= 4 is 38.3 Å². The van der Waals surface area contributed by atoms with Crippen molar-refractivity contribution in [2.75, 3.05) is 24.5 Å². The largest absolute Gasteiger partial charge is 0.348 e. The van der Waals surface area contributed by atoms with Crippen molar-refractivity contribution in [2.24, 2.45) is 0 Å². The molecule has 0 unspecified atom stereocenters. The van der Waals surface area contributed by atoms with Gasteiger partial charge < -0.3 is 4.90 Å². The first-order valence-electron chi connectivity index (χ1n) is 9.32. The maximum Gasteiger partial charge on any atom is 0.186 e. The lowest BCUT2D eigenvalue weighted by molar-refractivity contribution is 0.169. The average molecular weight is 386 g/mol. The Labute approximate surface area is 164 Å². The van der Waals surface area contributed by atoms with Gasteiger partial charge in [0.2, 0.25) is 0 Å². The molecule has 0 amide bonds. The highest BCUT2D eigenvalue weighted by Crippen LogP contribution is 2.32. The number of nitrogens with zero attached hydrogens (tertiary/aromatic N) is 3. The number of thiazole rings is 1. The predicted octanol–water partition coefficient (Wildman–Crippen LogP) is 5.44. The Balaban J connectivity index is 1.40. The Morgan fingerprint density at radius 3 is 2.65 bits per heavy atom. The maximum absolute atomic E-state index is 6.11. The number of fused-ring (bicyclic) bond motifs is 1. The van der Waals surface area contributed by atoms with Gasteiger partial charge in [-0.15, -0.1) is 0 Å². The minimum atomic E-state index is 0.653. The van der Waals surface area contributed by atoms with E-state index in [0.717, 1.165) is 41.8 Å². The molecule has 0 atom stereocenters. The molecule has 2 heterocycles. The number of hydrogen-bond acceptors (Lipinski definition) is 4. The van der Waals surface area contributed by atoms with E-state index < -0.39 is 0 Å². The van der Waals surface area contributed by atoms with Gasteiger partial charge in [-0.2, -0.15) is 0 Å². The van der Waals surface area contributed by atoms with Crippen LogP contribution in [0.4, 0.5) is 5.13 Å². The van der Waals surface area contributed by atoms with Crippen molar-refractivity contribution < 1.29 is 0 Å². The van der Waals surface area contributed by atoms with Crippen LogP contribution in [0.1, 0.15) is 25.3 Å². The molecule has 136 valence electrons. The first kappa shape index (κ1) is 17.8. The lowest BCUT2D eigenvalue weighted by Crippen LogP contribution is -2.44. The Hall–Kier alpha value is -1.62. The minimum Gasteiger partial charge on any atom is -0.348 e. The highest BCUT2D eigenvalue weighted by molar-refractivity contribution is 7.22. The molecule has 0 bridgehead atoms. The SMILES string of the molecule is CCN(Cc1ccccc1)C1CCN(c2nc3ccc(Cl)cc3s2)CC1. The standard InChI is InChI=1S/C21H24ClN3S/c1-2-24(15-16-6-4-3-5-7-16)18-10-12-25(13-11-18)21-23-19-9-8-17(22)14-20(19)26-21/h3-9,14,18H,2,10-13,15H2,1H3. The second kappa shape index (κ2) is 7.95. The van der Waals surface area contributed by atoms with Crippen molar-refractivity contribution in [3.8, 4) is 0 Å². The molecular formula is C21H24ClN3S. The highest BCUT2D eigenvalue weighted by Gasteiger charge is 2.25. The lowest BCUT2D eigenvalue weighted by atomic mass is 10.0. The Morgan fingerprint density at radius 1 is 1.15 bits per heavy atom. The van der Waals surface area contributed by atoms with Gasteiger partial charge >= 0.3 is 0 Å². The summed E-state index contributed by atoms with van der Waals surface area (Å²) in [7, 11) is 0. The van der Waals surface area contributed by atoms with E-state index in [1.807, 2.05) is 18.2 Å². The predicted molar refractivity (Wildman–Crippen MR) is 112 cm³/mol. The summed E-state index contributed by atoms with van der Waals surface area (Å²) in [5.41, 5.74) is 2.45. The van der Waals surface area contributed by atoms with Crippen LogP contribution in [0.15, 0.2) is 48.5 Å². The van der Waals surface area contributed by atoms with E-state index in [1.54, 1.807) is 11.3 Å². The monoisotopic (exact) mass is 385 g/mol.